The number of aromatic nitrogens is 2. The molecule has 0 aliphatic rings. The van der Waals surface area contributed by atoms with Crippen LogP contribution in [0.15, 0.2) is 24.4 Å². The summed E-state index contributed by atoms with van der Waals surface area (Å²) in [6.07, 6.45) is 1.78. The molecule has 0 saturated carbocycles. The highest BCUT2D eigenvalue weighted by Crippen LogP contribution is 2.29. The second kappa shape index (κ2) is 5.69. The molecule has 0 aliphatic carbocycles. The molecule has 0 aliphatic heterocycles. The number of anilines is 1. The molecule has 1 heterocycles. The van der Waals surface area contributed by atoms with Crippen molar-refractivity contribution < 1.29 is 4.74 Å². The molecule has 0 spiro atoms. The first-order valence-corrected chi connectivity index (χ1v) is 6.38. The second-order valence-electron chi connectivity index (χ2n) is 4.43. The highest BCUT2D eigenvalue weighted by atomic mass is 16.5. The molecule has 0 bridgehead atoms. The van der Waals surface area contributed by atoms with Crippen LogP contribution in [0, 0.1) is 13.8 Å². The average Bonchev–Trinajstić information content (AvgIpc) is 2.41. The van der Waals surface area contributed by atoms with Crippen molar-refractivity contribution in [2.24, 2.45) is 0 Å². The first-order chi connectivity index (χ1) is 9.15. The summed E-state index contributed by atoms with van der Waals surface area (Å²) in [7, 11) is 1.69. The molecule has 100 valence electrons. The molecule has 1 aromatic carbocycles. The fourth-order valence-corrected chi connectivity index (χ4v) is 2.04. The number of aryl methyl sites for hydroxylation is 2. The van der Waals surface area contributed by atoms with Crippen LogP contribution < -0.4 is 10.1 Å². The standard InChI is InChI=1S/C15H19N3O/c1-5-16-15-17-7-6-13(18-15)12-8-11(3)14(19-4)9-10(12)2/h6-9H,5H2,1-4H3,(H,16,17,18). The van der Waals surface area contributed by atoms with Crippen molar-refractivity contribution in [2.45, 2.75) is 20.8 Å². The topological polar surface area (TPSA) is 47.0 Å². The molecule has 0 atom stereocenters. The molecule has 2 aromatic rings. The first kappa shape index (κ1) is 13.3. The summed E-state index contributed by atoms with van der Waals surface area (Å²) in [5, 5.41) is 3.13. The molecule has 1 aromatic heterocycles. The Balaban J connectivity index is 2.46. The van der Waals surface area contributed by atoms with Crippen LogP contribution in [0.3, 0.4) is 0 Å². The van der Waals surface area contributed by atoms with Crippen molar-refractivity contribution in [3.05, 3.63) is 35.5 Å². The van der Waals surface area contributed by atoms with Crippen molar-refractivity contribution in [3.63, 3.8) is 0 Å². The molecular formula is C15H19N3O. The number of nitrogens with zero attached hydrogens (tertiary/aromatic N) is 2. The molecule has 4 heteroatoms. The summed E-state index contributed by atoms with van der Waals surface area (Å²) >= 11 is 0. The minimum Gasteiger partial charge on any atom is -0.496 e. The maximum atomic E-state index is 5.33. The van der Waals surface area contributed by atoms with E-state index in [0.29, 0.717) is 5.95 Å². The number of methoxy groups -OCH3 is 1. The lowest BCUT2D eigenvalue weighted by molar-refractivity contribution is 0.411. The predicted octanol–water partition coefficient (Wildman–Crippen LogP) is 3.20. The van der Waals surface area contributed by atoms with Gasteiger partial charge in [0.15, 0.2) is 0 Å². The third-order valence-corrected chi connectivity index (χ3v) is 3.01. The molecule has 0 radical (unpaired) electrons. The van der Waals surface area contributed by atoms with Gasteiger partial charge in [0.25, 0.3) is 0 Å². The van der Waals surface area contributed by atoms with Gasteiger partial charge in [-0.05, 0) is 50.1 Å². The summed E-state index contributed by atoms with van der Waals surface area (Å²) < 4.78 is 5.33. The van der Waals surface area contributed by atoms with Gasteiger partial charge in [-0.25, -0.2) is 9.97 Å². The molecule has 0 amide bonds. The van der Waals surface area contributed by atoms with Gasteiger partial charge in [0.1, 0.15) is 5.75 Å². The minimum atomic E-state index is 0.660. The van der Waals surface area contributed by atoms with E-state index >= 15 is 0 Å². The molecule has 0 unspecified atom stereocenters. The normalized spacial score (nSPS) is 10.3. The fraction of sp³-hybridized carbons (Fsp3) is 0.333. The zero-order chi connectivity index (χ0) is 13.8. The Labute approximate surface area is 113 Å². The fourth-order valence-electron chi connectivity index (χ4n) is 2.04. The third kappa shape index (κ3) is 2.84. The molecule has 2 rings (SSSR count). The van der Waals surface area contributed by atoms with E-state index < -0.39 is 0 Å². The number of ether oxygens (including phenoxy) is 1. The van der Waals surface area contributed by atoms with E-state index in [2.05, 4.69) is 28.3 Å². The molecular weight excluding hydrogens is 238 g/mol. The van der Waals surface area contributed by atoms with Gasteiger partial charge >= 0.3 is 0 Å². The number of benzene rings is 1. The van der Waals surface area contributed by atoms with Gasteiger partial charge in [-0.2, -0.15) is 0 Å². The van der Waals surface area contributed by atoms with E-state index in [-0.39, 0.29) is 0 Å². The zero-order valence-electron chi connectivity index (χ0n) is 11.8. The molecule has 4 nitrogen and oxygen atoms in total. The van der Waals surface area contributed by atoms with E-state index in [9.17, 15) is 0 Å². The van der Waals surface area contributed by atoms with E-state index in [0.717, 1.165) is 34.7 Å². The average molecular weight is 257 g/mol. The highest BCUT2D eigenvalue weighted by molar-refractivity contribution is 5.67. The largest absolute Gasteiger partial charge is 0.496 e. The molecule has 19 heavy (non-hydrogen) atoms. The van der Waals surface area contributed by atoms with Crippen LogP contribution in [0.4, 0.5) is 5.95 Å². The van der Waals surface area contributed by atoms with E-state index in [1.165, 1.54) is 0 Å². The van der Waals surface area contributed by atoms with Crippen LogP contribution in [0.1, 0.15) is 18.1 Å². The SMILES string of the molecule is CCNc1nccc(-c2cc(C)c(OC)cc2C)n1. The van der Waals surface area contributed by atoms with E-state index in [1.54, 1.807) is 13.3 Å². The second-order valence-corrected chi connectivity index (χ2v) is 4.43. The Hall–Kier alpha value is -2.10. The van der Waals surface area contributed by atoms with Crippen molar-refractivity contribution in [2.75, 3.05) is 19.0 Å². The van der Waals surface area contributed by atoms with Crippen LogP contribution in [-0.4, -0.2) is 23.6 Å². The maximum absolute atomic E-state index is 5.33. The Morgan fingerprint density at radius 3 is 2.68 bits per heavy atom. The minimum absolute atomic E-state index is 0.660. The summed E-state index contributed by atoms with van der Waals surface area (Å²) in [6.45, 7) is 6.93. The van der Waals surface area contributed by atoms with Crippen LogP contribution in [0.25, 0.3) is 11.3 Å². The number of hydrogen-bond acceptors (Lipinski definition) is 4. The quantitative estimate of drug-likeness (QED) is 0.913. The van der Waals surface area contributed by atoms with Gasteiger partial charge in [-0.15, -0.1) is 0 Å². The zero-order valence-corrected chi connectivity index (χ0v) is 11.8. The van der Waals surface area contributed by atoms with Crippen molar-refractivity contribution in [1.29, 1.82) is 0 Å². The van der Waals surface area contributed by atoms with Crippen molar-refractivity contribution in [3.8, 4) is 17.0 Å². The Morgan fingerprint density at radius 1 is 1.21 bits per heavy atom. The predicted molar refractivity (Wildman–Crippen MR) is 77.7 cm³/mol. The molecule has 0 saturated heterocycles. The lowest BCUT2D eigenvalue weighted by Crippen LogP contribution is -2.02. The van der Waals surface area contributed by atoms with Gasteiger partial charge in [-0.3, -0.25) is 0 Å². The lowest BCUT2D eigenvalue weighted by atomic mass is 10.0. The maximum Gasteiger partial charge on any atom is 0.223 e. The van der Waals surface area contributed by atoms with Crippen molar-refractivity contribution >= 4 is 5.95 Å². The number of nitrogens with one attached hydrogen (secondary N) is 1. The van der Waals surface area contributed by atoms with Crippen LogP contribution >= 0.6 is 0 Å². The Morgan fingerprint density at radius 2 is 2.00 bits per heavy atom. The van der Waals surface area contributed by atoms with Gasteiger partial charge in [0.2, 0.25) is 5.95 Å². The van der Waals surface area contributed by atoms with Crippen LogP contribution in [-0.2, 0) is 0 Å². The van der Waals surface area contributed by atoms with Crippen molar-refractivity contribution in [1.82, 2.24) is 9.97 Å². The Kier molecular flexibility index (Phi) is 4.00. The van der Waals surface area contributed by atoms with Gasteiger partial charge in [0, 0.05) is 18.3 Å². The summed E-state index contributed by atoms with van der Waals surface area (Å²) in [5.41, 5.74) is 4.28. The monoisotopic (exact) mass is 257 g/mol. The number of rotatable bonds is 4. The van der Waals surface area contributed by atoms with Gasteiger partial charge in [0.05, 0.1) is 12.8 Å². The van der Waals surface area contributed by atoms with Crippen LogP contribution in [0.2, 0.25) is 0 Å². The van der Waals surface area contributed by atoms with E-state index in [1.807, 2.05) is 26.0 Å². The first-order valence-electron chi connectivity index (χ1n) is 6.38. The smallest absolute Gasteiger partial charge is 0.223 e. The summed E-state index contributed by atoms with van der Waals surface area (Å²) in [6, 6.07) is 6.07. The number of hydrogen-bond donors (Lipinski definition) is 1. The Bertz CT molecular complexity index is 582. The van der Waals surface area contributed by atoms with Gasteiger partial charge in [-0.1, -0.05) is 0 Å². The third-order valence-electron chi connectivity index (χ3n) is 3.01. The van der Waals surface area contributed by atoms with Crippen LogP contribution in [0.5, 0.6) is 5.75 Å². The van der Waals surface area contributed by atoms with Gasteiger partial charge < -0.3 is 10.1 Å². The summed E-state index contributed by atoms with van der Waals surface area (Å²) in [5.74, 6) is 1.56. The molecule has 1 N–H and O–H groups in total. The lowest BCUT2D eigenvalue weighted by Gasteiger charge is -2.11. The molecule has 0 fully saturated rings. The van der Waals surface area contributed by atoms with E-state index in [4.69, 9.17) is 4.74 Å². The highest BCUT2D eigenvalue weighted by Gasteiger charge is 2.09. The summed E-state index contributed by atoms with van der Waals surface area (Å²) in [4.78, 5) is 8.72.